The molecule has 0 saturated carbocycles. The van der Waals surface area contributed by atoms with E-state index in [-0.39, 0.29) is 5.41 Å². The smallest absolute Gasteiger partial charge is 0.0334 e. The van der Waals surface area contributed by atoms with E-state index in [1.54, 1.807) is 0 Å². The highest BCUT2D eigenvalue weighted by Gasteiger charge is 2.23. The molecule has 0 nitrogen and oxygen atoms in total. The molecule has 0 aliphatic carbocycles. The molecule has 5 unspecified atom stereocenters. The summed E-state index contributed by atoms with van der Waals surface area (Å²) in [6.45, 7) is 15.7. The summed E-state index contributed by atoms with van der Waals surface area (Å²) in [5, 5.41) is 0. The van der Waals surface area contributed by atoms with E-state index in [0.29, 0.717) is 23.7 Å². The molecular formula is C40H50. The van der Waals surface area contributed by atoms with Crippen LogP contribution in [0.2, 0.25) is 0 Å². The van der Waals surface area contributed by atoms with E-state index < -0.39 is 0 Å². The van der Waals surface area contributed by atoms with Crippen LogP contribution in [0, 0.1) is 29.1 Å². The van der Waals surface area contributed by atoms with Gasteiger partial charge in [-0.05, 0) is 116 Å². The van der Waals surface area contributed by atoms with Crippen LogP contribution in [-0.2, 0) is 6.42 Å². The summed E-state index contributed by atoms with van der Waals surface area (Å²) in [4.78, 5) is 0. The van der Waals surface area contributed by atoms with E-state index in [9.17, 15) is 0 Å². The normalized spacial score (nSPS) is 15.4. The van der Waals surface area contributed by atoms with Gasteiger partial charge in [0.15, 0.2) is 0 Å². The van der Waals surface area contributed by atoms with E-state index >= 15 is 0 Å². The first-order valence-electron chi connectivity index (χ1n) is 15.5. The molecule has 40 heavy (non-hydrogen) atoms. The van der Waals surface area contributed by atoms with Crippen molar-refractivity contribution in [2.45, 2.75) is 111 Å². The average molecular weight is 531 g/mol. The summed E-state index contributed by atoms with van der Waals surface area (Å²) in [6, 6.07) is 30.0. The van der Waals surface area contributed by atoms with E-state index in [2.05, 4.69) is 144 Å². The molecule has 5 atom stereocenters. The Labute approximate surface area is 246 Å². The summed E-state index contributed by atoms with van der Waals surface area (Å²) in [5.74, 6) is 14.5. The first kappa shape index (κ1) is 31.3. The van der Waals surface area contributed by atoms with Gasteiger partial charge in [-0.25, -0.2) is 0 Å². The summed E-state index contributed by atoms with van der Waals surface area (Å²) < 4.78 is 0. The second-order valence-corrected chi connectivity index (χ2v) is 12.0. The quantitative estimate of drug-likeness (QED) is 0.193. The van der Waals surface area contributed by atoms with Crippen LogP contribution in [0.25, 0.3) is 0 Å². The van der Waals surface area contributed by atoms with E-state index in [1.807, 2.05) is 6.92 Å². The molecule has 0 aromatic heterocycles. The van der Waals surface area contributed by atoms with Gasteiger partial charge in [0.25, 0.3) is 0 Å². The maximum absolute atomic E-state index is 3.42. The van der Waals surface area contributed by atoms with E-state index in [0.717, 1.165) is 25.7 Å². The van der Waals surface area contributed by atoms with Gasteiger partial charge in [-0.2, -0.15) is 0 Å². The van der Waals surface area contributed by atoms with Gasteiger partial charge in [0.1, 0.15) is 0 Å². The molecule has 0 aliphatic heterocycles. The first-order chi connectivity index (χ1) is 19.3. The molecule has 0 amide bonds. The Morgan fingerprint density at radius 3 is 1.75 bits per heavy atom. The third-order valence-corrected chi connectivity index (χ3v) is 9.04. The molecule has 3 aromatic carbocycles. The Morgan fingerprint density at radius 2 is 1.20 bits per heavy atom. The van der Waals surface area contributed by atoms with E-state index in [4.69, 9.17) is 0 Å². The molecule has 0 bridgehead atoms. The van der Waals surface area contributed by atoms with Crippen molar-refractivity contribution in [2.75, 3.05) is 0 Å². The van der Waals surface area contributed by atoms with Crippen LogP contribution in [-0.4, -0.2) is 0 Å². The van der Waals surface area contributed by atoms with Crippen molar-refractivity contribution in [1.82, 2.24) is 0 Å². The Hall–Kier alpha value is -3.22. The number of hydrogen-bond acceptors (Lipinski definition) is 0. The zero-order valence-corrected chi connectivity index (χ0v) is 26.1. The SMILES string of the molecule is CC#CC#CC(C)(CC)Cc1ccc(C(CC(C)c2ccc(C(C)CC)cc2)CC(CC)c2ccccc2)cc1. The van der Waals surface area contributed by atoms with Crippen molar-refractivity contribution in [2.24, 2.45) is 5.41 Å². The van der Waals surface area contributed by atoms with Gasteiger partial charge in [0, 0.05) is 5.41 Å². The fourth-order valence-corrected chi connectivity index (χ4v) is 5.79. The van der Waals surface area contributed by atoms with Crippen molar-refractivity contribution in [3.05, 3.63) is 107 Å². The largest absolute Gasteiger partial charge is 0.0925 e. The number of rotatable bonds is 13. The van der Waals surface area contributed by atoms with Gasteiger partial charge in [0.2, 0.25) is 0 Å². The van der Waals surface area contributed by atoms with Gasteiger partial charge in [-0.3, -0.25) is 0 Å². The van der Waals surface area contributed by atoms with Crippen LogP contribution in [0.1, 0.15) is 132 Å². The Kier molecular flexibility index (Phi) is 12.2. The monoisotopic (exact) mass is 530 g/mol. The van der Waals surface area contributed by atoms with Crippen LogP contribution >= 0.6 is 0 Å². The van der Waals surface area contributed by atoms with E-state index in [1.165, 1.54) is 40.7 Å². The zero-order chi connectivity index (χ0) is 29.0. The standard InChI is InChI=1S/C40H50/c1-8-12-16-27-40(7,11-4)30-33-19-21-38(22-20-33)39(29-34(10-3)37-17-14-13-15-18-37)28-32(6)36-25-23-35(24-26-36)31(5)9-2/h13-15,17-26,31-32,34,39H,9-11,28-30H2,1-7H3. The second kappa shape index (κ2) is 15.5. The maximum Gasteiger partial charge on any atom is 0.0334 e. The Morgan fingerprint density at radius 1 is 0.625 bits per heavy atom. The van der Waals surface area contributed by atoms with Crippen molar-refractivity contribution >= 4 is 0 Å². The maximum atomic E-state index is 3.42. The van der Waals surface area contributed by atoms with Crippen molar-refractivity contribution in [1.29, 1.82) is 0 Å². The minimum Gasteiger partial charge on any atom is -0.0925 e. The molecule has 3 aromatic rings. The van der Waals surface area contributed by atoms with Gasteiger partial charge in [0.05, 0.1) is 0 Å². The number of hydrogen-bond donors (Lipinski definition) is 0. The fourth-order valence-electron chi connectivity index (χ4n) is 5.79. The van der Waals surface area contributed by atoms with Crippen LogP contribution in [0.4, 0.5) is 0 Å². The minimum absolute atomic E-state index is 0.0542. The van der Waals surface area contributed by atoms with Gasteiger partial charge >= 0.3 is 0 Å². The highest BCUT2D eigenvalue weighted by atomic mass is 14.3. The van der Waals surface area contributed by atoms with Crippen molar-refractivity contribution in [3.8, 4) is 23.7 Å². The topological polar surface area (TPSA) is 0 Å². The van der Waals surface area contributed by atoms with Crippen LogP contribution in [0.5, 0.6) is 0 Å². The predicted octanol–water partition coefficient (Wildman–Crippen LogP) is 11.0. The fraction of sp³-hybridized carbons (Fsp3) is 0.450. The van der Waals surface area contributed by atoms with Crippen molar-refractivity contribution < 1.29 is 0 Å². The molecular weight excluding hydrogens is 480 g/mol. The highest BCUT2D eigenvalue weighted by molar-refractivity contribution is 5.33. The lowest BCUT2D eigenvalue weighted by molar-refractivity contribution is 0.429. The third kappa shape index (κ3) is 8.90. The molecule has 0 heteroatoms. The lowest BCUT2D eigenvalue weighted by Gasteiger charge is -2.27. The summed E-state index contributed by atoms with van der Waals surface area (Å²) in [6.07, 6.45) is 6.63. The van der Waals surface area contributed by atoms with Crippen LogP contribution < -0.4 is 0 Å². The molecule has 0 spiro atoms. The third-order valence-electron chi connectivity index (χ3n) is 9.04. The number of benzene rings is 3. The van der Waals surface area contributed by atoms with Crippen molar-refractivity contribution in [3.63, 3.8) is 0 Å². The highest BCUT2D eigenvalue weighted by Crippen LogP contribution is 2.39. The van der Waals surface area contributed by atoms with Crippen LogP contribution in [0.3, 0.4) is 0 Å². The van der Waals surface area contributed by atoms with Gasteiger partial charge < -0.3 is 0 Å². The molecule has 0 heterocycles. The van der Waals surface area contributed by atoms with Gasteiger partial charge in [-0.15, -0.1) is 0 Å². The summed E-state index contributed by atoms with van der Waals surface area (Å²) in [7, 11) is 0. The molecule has 0 N–H and O–H groups in total. The summed E-state index contributed by atoms with van der Waals surface area (Å²) >= 11 is 0. The molecule has 210 valence electrons. The lowest BCUT2D eigenvalue weighted by atomic mass is 9.77. The summed E-state index contributed by atoms with van der Waals surface area (Å²) in [5.41, 5.74) is 7.13. The Bertz CT molecular complexity index is 1270. The molecule has 0 radical (unpaired) electrons. The van der Waals surface area contributed by atoms with Crippen LogP contribution in [0.15, 0.2) is 78.9 Å². The minimum atomic E-state index is -0.0542. The predicted molar refractivity (Wildman–Crippen MR) is 175 cm³/mol. The average Bonchev–Trinajstić information content (AvgIpc) is 2.99. The zero-order valence-electron chi connectivity index (χ0n) is 26.1. The second-order valence-electron chi connectivity index (χ2n) is 12.0. The molecule has 0 saturated heterocycles. The van der Waals surface area contributed by atoms with Gasteiger partial charge in [-0.1, -0.05) is 125 Å². The lowest BCUT2D eigenvalue weighted by Crippen LogP contribution is -2.16. The first-order valence-corrected chi connectivity index (χ1v) is 15.5. The molecule has 0 aliphatic rings. The Balaban J connectivity index is 1.86. The molecule has 3 rings (SSSR count). The molecule has 0 fully saturated rings.